The minimum absolute atomic E-state index is 0.168. The van der Waals surface area contributed by atoms with E-state index in [1.807, 2.05) is 37.3 Å². The Morgan fingerprint density at radius 1 is 1.08 bits per heavy atom. The number of halogens is 2. The summed E-state index contributed by atoms with van der Waals surface area (Å²) in [5, 5.41) is 3.35. The topological polar surface area (TPSA) is 55.4 Å². The molecular formula is C18H17Cl2NO3. The van der Waals surface area contributed by atoms with Gasteiger partial charge in [-0.3, -0.25) is 4.79 Å². The summed E-state index contributed by atoms with van der Waals surface area (Å²) in [5.41, 5.74) is 1.38. The number of carbonyl (C=O) groups excluding carboxylic acids is 2. The number of hydrogen-bond donors (Lipinski definition) is 1. The maximum atomic E-state index is 11.9. The largest absolute Gasteiger partial charge is 0.452 e. The van der Waals surface area contributed by atoms with Crippen LogP contribution >= 0.6 is 23.2 Å². The number of benzene rings is 2. The first kappa shape index (κ1) is 18.3. The predicted octanol–water partition coefficient (Wildman–Crippen LogP) is 4.07. The second kappa shape index (κ2) is 8.71. The van der Waals surface area contributed by atoms with Gasteiger partial charge in [-0.25, -0.2) is 4.79 Å². The summed E-state index contributed by atoms with van der Waals surface area (Å²) in [6.07, 6.45) is 0. The molecule has 0 saturated carbocycles. The molecule has 0 radical (unpaired) electrons. The Morgan fingerprint density at radius 3 is 2.46 bits per heavy atom. The third kappa shape index (κ3) is 5.25. The zero-order chi connectivity index (χ0) is 17.5. The maximum Gasteiger partial charge on any atom is 0.338 e. The molecule has 0 aromatic heterocycles. The van der Waals surface area contributed by atoms with E-state index in [1.165, 1.54) is 18.2 Å². The third-order valence-corrected chi connectivity index (χ3v) is 4.20. The van der Waals surface area contributed by atoms with Gasteiger partial charge in [-0.1, -0.05) is 60.5 Å². The standard InChI is InChI=1S/C18H17Cl2NO3/c1-12(13-5-3-2-4-6-13)10-21-17(22)11-24-18(23)14-7-8-15(19)16(20)9-14/h2-9,12H,10-11H2,1H3,(H,21,22)/t12-/m1/s1. The van der Waals surface area contributed by atoms with Crippen molar-refractivity contribution in [2.75, 3.05) is 13.2 Å². The number of nitrogens with one attached hydrogen (secondary N) is 1. The highest BCUT2D eigenvalue weighted by Gasteiger charge is 2.13. The van der Waals surface area contributed by atoms with Crippen molar-refractivity contribution in [1.29, 1.82) is 0 Å². The number of rotatable bonds is 6. The van der Waals surface area contributed by atoms with Crippen LogP contribution in [0.1, 0.15) is 28.8 Å². The van der Waals surface area contributed by atoms with Crippen LogP contribution in [-0.4, -0.2) is 25.0 Å². The van der Waals surface area contributed by atoms with E-state index in [-0.39, 0.29) is 29.0 Å². The van der Waals surface area contributed by atoms with Crippen LogP contribution in [0.5, 0.6) is 0 Å². The molecule has 0 aliphatic carbocycles. The van der Waals surface area contributed by atoms with Crippen LogP contribution in [0.2, 0.25) is 10.0 Å². The van der Waals surface area contributed by atoms with Gasteiger partial charge in [-0.15, -0.1) is 0 Å². The first-order chi connectivity index (χ1) is 11.5. The molecule has 6 heteroatoms. The quantitative estimate of drug-likeness (QED) is 0.784. The van der Waals surface area contributed by atoms with Gasteiger partial charge in [0.1, 0.15) is 0 Å². The van der Waals surface area contributed by atoms with Crippen molar-refractivity contribution >= 4 is 35.1 Å². The van der Waals surface area contributed by atoms with Gasteiger partial charge in [0.2, 0.25) is 0 Å². The summed E-state index contributed by atoms with van der Waals surface area (Å²) >= 11 is 11.6. The summed E-state index contributed by atoms with van der Waals surface area (Å²) in [7, 11) is 0. The van der Waals surface area contributed by atoms with E-state index in [4.69, 9.17) is 27.9 Å². The molecule has 1 atom stereocenters. The fraction of sp³-hybridized carbons (Fsp3) is 0.222. The summed E-state index contributed by atoms with van der Waals surface area (Å²) < 4.78 is 4.97. The molecule has 126 valence electrons. The lowest BCUT2D eigenvalue weighted by molar-refractivity contribution is -0.124. The Bertz CT molecular complexity index is 719. The molecule has 2 rings (SSSR count). The van der Waals surface area contributed by atoms with E-state index < -0.39 is 5.97 Å². The number of amides is 1. The number of esters is 1. The highest BCUT2D eigenvalue weighted by molar-refractivity contribution is 6.42. The molecule has 0 heterocycles. The van der Waals surface area contributed by atoms with Crippen LogP contribution in [0.4, 0.5) is 0 Å². The van der Waals surface area contributed by atoms with Crippen molar-refractivity contribution in [3.8, 4) is 0 Å². The summed E-state index contributed by atoms with van der Waals surface area (Å²) in [6, 6.07) is 14.2. The van der Waals surface area contributed by atoms with Gasteiger partial charge in [0.25, 0.3) is 5.91 Å². The van der Waals surface area contributed by atoms with Gasteiger partial charge < -0.3 is 10.1 Å². The minimum Gasteiger partial charge on any atom is -0.452 e. The van der Waals surface area contributed by atoms with Crippen molar-refractivity contribution < 1.29 is 14.3 Å². The molecule has 0 unspecified atom stereocenters. The Hall–Kier alpha value is -2.04. The number of ether oxygens (including phenoxy) is 1. The highest BCUT2D eigenvalue weighted by Crippen LogP contribution is 2.22. The summed E-state index contributed by atoms with van der Waals surface area (Å²) in [5.74, 6) is -0.813. The molecule has 0 bridgehead atoms. The highest BCUT2D eigenvalue weighted by atomic mass is 35.5. The molecule has 2 aromatic carbocycles. The van der Waals surface area contributed by atoms with Gasteiger partial charge in [-0.05, 0) is 29.7 Å². The molecule has 0 fully saturated rings. The van der Waals surface area contributed by atoms with E-state index in [2.05, 4.69) is 5.32 Å². The van der Waals surface area contributed by atoms with Crippen LogP contribution in [0.3, 0.4) is 0 Å². The maximum absolute atomic E-state index is 11.9. The molecule has 24 heavy (non-hydrogen) atoms. The van der Waals surface area contributed by atoms with Crippen molar-refractivity contribution in [2.45, 2.75) is 12.8 Å². The Balaban J connectivity index is 1.78. The second-order valence-electron chi connectivity index (χ2n) is 5.32. The zero-order valence-corrected chi connectivity index (χ0v) is 14.6. The molecule has 2 aromatic rings. The molecule has 0 aliphatic rings. The van der Waals surface area contributed by atoms with E-state index in [1.54, 1.807) is 0 Å². The molecule has 0 spiro atoms. The average molecular weight is 366 g/mol. The molecule has 1 amide bonds. The lowest BCUT2D eigenvalue weighted by Crippen LogP contribution is -2.31. The first-order valence-corrected chi connectivity index (χ1v) is 8.17. The van der Waals surface area contributed by atoms with Crippen molar-refractivity contribution in [2.24, 2.45) is 0 Å². The molecular weight excluding hydrogens is 349 g/mol. The Labute approximate surface area is 150 Å². The van der Waals surface area contributed by atoms with E-state index in [0.29, 0.717) is 11.6 Å². The van der Waals surface area contributed by atoms with Crippen LogP contribution in [0.25, 0.3) is 0 Å². The number of carbonyl (C=O) groups is 2. The monoisotopic (exact) mass is 365 g/mol. The van der Waals surface area contributed by atoms with Crippen LogP contribution < -0.4 is 5.32 Å². The van der Waals surface area contributed by atoms with Crippen LogP contribution in [0, 0.1) is 0 Å². The van der Waals surface area contributed by atoms with Gasteiger partial charge in [0.15, 0.2) is 6.61 Å². The Morgan fingerprint density at radius 2 is 1.79 bits per heavy atom. The van der Waals surface area contributed by atoms with Gasteiger partial charge in [-0.2, -0.15) is 0 Å². The van der Waals surface area contributed by atoms with E-state index >= 15 is 0 Å². The fourth-order valence-corrected chi connectivity index (χ4v) is 2.35. The van der Waals surface area contributed by atoms with Crippen molar-refractivity contribution in [3.63, 3.8) is 0 Å². The number of hydrogen-bond acceptors (Lipinski definition) is 3. The zero-order valence-electron chi connectivity index (χ0n) is 13.1. The van der Waals surface area contributed by atoms with Gasteiger partial charge in [0.05, 0.1) is 15.6 Å². The van der Waals surface area contributed by atoms with Crippen molar-refractivity contribution in [1.82, 2.24) is 5.32 Å². The molecule has 0 aliphatic heterocycles. The van der Waals surface area contributed by atoms with Crippen LogP contribution in [-0.2, 0) is 9.53 Å². The summed E-state index contributed by atoms with van der Waals surface area (Å²) in [4.78, 5) is 23.7. The van der Waals surface area contributed by atoms with Gasteiger partial charge >= 0.3 is 5.97 Å². The molecule has 0 saturated heterocycles. The fourth-order valence-electron chi connectivity index (χ4n) is 2.05. The van der Waals surface area contributed by atoms with Crippen molar-refractivity contribution in [3.05, 3.63) is 69.7 Å². The summed E-state index contributed by atoms with van der Waals surface area (Å²) in [6.45, 7) is 2.13. The SMILES string of the molecule is C[C@H](CNC(=O)COC(=O)c1ccc(Cl)c(Cl)c1)c1ccccc1. The smallest absolute Gasteiger partial charge is 0.338 e. The molecule has 1 N–H and O–H groups in total. The van der Waals surface area contributed by atoms with E-state index in [9.17, 15) is 9.59 Å². The van der Waals surface area contributed by atoms with Crippen LogP contribution in [0.15, 0.2) is 48.5 Å². The second-order valence-corrected chi connectivity index (χ2v) is 6.14. The first-order valence-electron chi connectivity index (χ1n) is 7.41. The average Bonchev–Trinajstić information content (AvgIpc) is 2.60. The predicted molar refractivity (Wildman–Crippen MR) is 94.6 cm³/mol. The molecule has 4 nitrogen and oxygen atoms in total. The van der Waals surface area contributed by atoms with Gasteiger partial charge in [0, 0.05) is 6.54 Å². The Kier molecular flexibility index (Phi) is 6.64. The third-order valence-electron chi connectivity index (χ3n) is 3.46. The lowest BCUT2D eigenvalue weighted by atomic mass is 10.0. The van der Waals surface area contributed by atoms with E-state index in [0.717, 1.165) is 5.56 Å². The lowest BCUT2D eigenvalue weighted by Gasteiger charge is -2.13. The normalized spacial score (nSPS) is 11.6. The minimum atomic E-state index is -0.625.